The number of fused-ring (bicyclic) bond motifs is 3. The predicted octanol–water partition coefficient (Wildman–Crippen LogP) is 13.9. The third kappa shape index (κ3) is 6.65. The highest BCUT2D eigenvalue weighted by Crippen LogP contribution is 2.45. The van der Waals surface area contributed by atoms with Gasteiger partial charge in [0.2, 0.25) is 0 Å². The molecule has 0 unspecified atom stereocenters. The first-order valence-electron chi connectivity index (χ1n) is 19.8. The average molecular weight is 777 g/mol. The zero-order valence-electron chi connectivity index (χ0n) is 32.7. The molecule has 0 fully saturated rings. The van der Waals surface area contributed by atoms with E-state index >= 15 is 0 Å². The molecule has 0 spiro atoms. The molecule has 0 atom stereocenters. The van der Waals surface area contributed by atoms with E-state index in [9.17, 15) is 10.5 Å². The molecule has 0 aliphatic rings. The summed E-state index contributed by atoms with van der Waals surface area (Å²) in [5.41, 5.74) is 14.0. The van der Waals surface area contributed by atoms with Gasteiger partial charge in [-0.05, 0) is 82.9 Å². The van der Waals surface area contributed by atoms with Crippen LogP contribution in [0, 0.1) is 29.2 Å². The summed E-state index contributed by atoms with van der Waals surface area (Å²) in [6.07, 6.45) is 0. The fourth-order valence-corrected chi connectivity index (χ4v) is 8.24. The molecule has 2 heterocycles. The van der Waals surface area contributed by atoms with Crippen molar-refractivity contribution in [2.24, 2.45) is 0 Å². The van der Waals surface area contributed by atoms with Crippen LogP contribution in [0.5, 0.6) is 0 Å². The van der Waals surface area contributed by atoms with E-state index in [0.717, 1.165) is 89.0 Å². The minimum Gasteiger partial charge on any atom is -0.308 e. The molecule has 6 nitrogen and oxygen atoms in total. The quantitative estimate of drug-likeness (QED) is 0.151. The van der Waals surface area contributed by atoms with Gasteiger partial charge in [0.1, 0.15) is 0 Å². The van der Waals surface area contributed by atoms with Crippen molar-refractivity contribution in [2.75, 3.05) is 0 Å². The molecular weight excluding hydrogens is 745 g/mol. The molecule has 0 bridgehead atoms. The van der Waals surface area contributed by atoms with Gasteiger partial charge >= 0.3 is 0 Å². The third-order valence-corrected chi connectivity index (χ3v) is 11.1. The van der Waals surface area contributed by atoms with Crippen molar-refractivity contribution < 1.29 is 0 Å². The van der Waals surface area contributed by atoms with Gasteiger partial charge in [0, 0.05) is 38.6 Å². The topological polar surface area (TPSA) is 82.7 Å². The molecule has 0 saturated heterocycles. The summed E-state index contributed by atoms with van der Waals surface area (Å²) in [4.78, 5) is 14.1. The number of para-hydroxylation sites is 1. The molecule has 6 heteroatoms. The minimum absolute atomic E-state index is 0.518. The van der Waals surface area contributed by atoms with Crippen LogP contribution < -0.4 is 0 Å². The number of nitriles is 2. The van der Waals surface area contributed by atoms with Gasteiger partial charge in [-0.15, -0.1) is 0 Å². The molecule has 0 amide bonds. The summed E-state index contributed by atoms with van der Waals surface area (Å²) >= 11 is 0. The third-order valence-electron chi connectivity index (χ3n) is 11.1. The Kier molecular flexibility index (Phi) is 9.24. The second kappa shape index (κ2) is 15.5. The van der Waals surface area contributed by atoms with Gasteiger partial charge in [0.05, 0.1) is 57.9 Å². The number of nitrogens with zero attached hydrogens (tertiary/aromatic N) is 6. The highest BCUT2D eigenvalue weighted by molar-refractivity contribution is 6.12. The van der Waals surface area contributed by atoms with Crippen LogP contribution in [0.2, 0.25) is 0 Å². The standard InChI is InChI=1S/C55H32N6/c1-58-44-22-13-21-40(29-44)48-32-43(51-33-50(37-15-4-2-5-16-37)59-55(60-51)38-17-6-3-7-18-38)31-47(39-20-12-14-36(28-39)34-56)54(48)61-52-25-11-10-24-46(52)49-30-41(26-27-53(49)61)45-23-9-8-19-42(45)35-57/h2-33H. The van der Waals surface area contributed by atoms with E-state index in [0.29, 0.717) is 22.6 Å². The smallest absolute Gasteiger partial charge is 0.187 e. The molecule has 8 aromatic carbocycles. The second-order valence-corrected chi connectivity index (χ2v) is 14.7. The van der Waals surface area contributed by atoms with Crippen LogP contribution in [0.15, 0.2) is 194 Å². The first kappa shape index (κ1) is 36.5. The summed E-state index contributed by atoms with van der Waals surface area (Å²) in [6.45, 7) is 7.99. The Balaban J connectivity index is 1.33. The first-order chi connectivity index (χ1) is 30.1. The van der Waals surface area contributed by atoms with Crippen molar-refractivity contribution in [3.8, 4) is 85.1 Å². The lowest BCUT2D eigenvalue weighted by Gasteiger charge is -2.21. The van der Waals surface area contributed by atoms with Gasteiger partial charge in [-0.25, -0.2) is 14.8 Å². The van der Waals surface area contributed by atoms with Gasteiger partial charge in [-0.2, -0.15) is 10.5 Å². The maximum absolute atomic E-state index is 10.2. The highest BCUT2D eigenvalue weighted by Gasteiger charge is 2.23. The van der Waals surface area contributed by atoms with Crippen molar-refractivity contribution in [3.63, 3.8) is 0 Å². The lowest BCUT2D eigenvalue weighted by atomic mass is 9.91. The average Bonchev–Trinajstić information content (AvgIpc) is 3.67. The summed E-state index contributed by atoms with van der Waals surface area (Å²) < 4.78 is 2.30. The molecule has 0 N–H and O–H groups in total. The minimum atomic E-state index is 0.518. The van der Waals surface area contributed by atoms with Crippen LogP contribution in [-0.2, 0) is 0 Å². The molecule has 10 aromatic rings. The van der Waals surface area contributed by atoms with Gasteiger partial charge in [0.15, 0.2) is 11.5 Å². The van der Waals surface area contributed by atoms with Crippen molar-refractivity contribution in [2.45, 2.75) is 0 Å². The molecule has 282 valence electrons. The van der Waals surface area contributed by atoms with Crippen LogP contribution in [0.25, 0.3) is 99.6 Å². The maximum atomic E-state index is 10.2. The molecule has 10 rings (SSSR count). The maximum Gasteiger partial charge on any atom is 0.187 e. The Morgan fingerprint density at radius 2 is 1.05 bits per heavy atom. The predicted molar refractivity (Wildman–Crippen MR) is 245 cm³/mol. The summed E-state index contributed by atoms with van der Waals surface area (Å²) in [6, 6.07) is 69.0. The number of benzene rings is 8. The molecule has 2 aromatic heterocycles. The van der Waals surface area contributed by atoms with E-state index in [1.807, 2.05) is 140 Å². The Morgan fingerprint density at radius 1 is 0.443 bits per heavy atom. The summed E-state index contributed by atoms with van der Waals surface area (Å²) in [5.74, 6) is 0.599. The lowest BCUT2D eigenvalue weighted by Crippen LogP contribution is -2.03. The van der Waals surface area contributed by atoms with Crippen LogP contribution in [0.3, 0.4) is 0 Å². The van der Waals surface area contributed by atoms with Crippen molar-refractivity contribution in [1.82, 2.24) is 14.5 Å². The lowest BCUT2D eigenvalue weighted by molar-refractivity contribution is 1.17. The van der Waals surface area contributed by atoms with Crippen molar-refractivity contribution in [1.29, 1.82) is 10.5 Å². The van der Waals surface area contributed by atoms with E-state index < -0.39 is 0 Å². The molecule has 0 radical (unpaired) electrons. The van der Waals surface area contributed by atoms with Crippen molar-refractivity contribution >= 4 is 27.5 Å². The molecular formula is C55H32N6. The van der Waals surface area contributed by atoms with Gasteiger partial charge in [-0.3, -0.25) is 0 Å². The zero-order valence-corrected chi connectivity index (χ0v) is 32.7. The first-order valence-corrected chi connectivity index (χ1v) is 19.8. The number of hydrogen-bond donors (Lipinski definition) is 0. The normalized spacial score (nSPS) is 10.9. The number of hydrogen-bond acceptors (Lipinski definition) is 4. The van der Waals surface area contributed by atoms with Gasteiger partial charge < -0.3 is 4.57 Å². The zero-order chi connectivity index (χ0) is 41.3. The largest absolute Gasteiger partial charge is 0.308 e. The number of rotatable bonds is 7. The molecule has 0 aliphatic heterocycles. The van der Waals surface area contributed by atoms with E-state index in [1.54, 1.807) is 0 Å². The highest BCUT2D eigenvalue weighted by atomic mass is 15.0. The van der Waals surface area contributed by atoms with Gasteiger partial charge in [0.25, 0.3) is 0 Å². The van der Waals surface area contributed by atoms with Crippen LogP contribution in [0.1, 0.15) is 11.1 Å². The van der Waals surface area contributed by atoms with Gasteiger partial charge in [-0.1, -0.05) is 133 Å². The van der Waals surface area contributed by atoms with E-state index in [2.05, 4.69) is 76.1 Å². The van der Waals surface area contributed by atoms with Crippen LogP contribution in [0.4, 0.5) is 5.69 Å². The second-order valence-electron chi connectivity index (χ2n) is 14.7. The summed E-state index contributed by atoms with van der Waals surface area (Å²) in [5, 5.41) is 22.3. The molecule has 61 heavy (non-hydrogen) atoms. The Bertz CT molecular complexity index is 3320. The fourth-order valence-electron chi connectivity index (χ4n) is 8.24. The SMILES string of the molecule is [C-]#[N+]c1cccc(-c2cc(-c3cc(-c4ccccc4)nc(-c4ccccc4)n3)cc(-c3cccc(C#N)c3)c2-n2c3ccccc3c3cc(-c4ccccc4C#N)ccc32)c1. The fraction of sp³-hybridized carbons (Fsp3) is 0. The van der Waals surface area contributed by atoms with E-state index in [1.165, 1.54) is 0 Å². The molecule has 0 aliphatic carbocycles. The number of aromatic nitrogens is 3. The van der Waals surface area contributed by atoms with Crippen molar-refractivity contribution in [3.05, 3.63) is 217 Å². The van der Waals surface area contributed by atoms with E-state index in [4.69, 9.17) is 16.5 Å². The Labute approximate surface area is 353 Å². The van der Waals surface area contributed by atoms with E-state index in [-0.39, 0.29) is 0 Å². The monoisotopic (exact) mass is 776 g/mol. The Hall–Kier alpha value is -8.89. The summed E-state index contributed by atoms with van der Waals surface area (Å²) in [7, 11) is 0. The Morgan fingerprint density at radius 3 is 1.79 bits per heavy atom. The van der Waals surface area contributed by atoms with Crippen LogP contribution >= 0.6 is 0 Å². The van der Waals surface area contributed by atoms with Crippen LogP contribution in [-0.4, -0.2) is 14.5 Å². The molecule has 0 saturated carbocycles.